The number of nitro groups is 1. The molecular formula is C16H26ClN3O3. The standard InChI is InChI=1S/C16H25N3O3.ClH/c1-12-4-5-13(10-14(12)19(21)22)15(16(2,3)11-20)18-8-6-17-7-9-18;/h4-5,10,15,17,20H,6-9,11H2,1-3H3;1H/t15-;/m1./s1. The third kappa shape index (κ3) is 4.41. The largest absolute Gasteiger partial charge is 0.396 e. The first-order valence-electron chi connectivity index (χ1n) is 7.67. The monoisotopic (exact) mass is 343 g/mol. The van der Waals surface area contributed by atoms with Crippen molar-refractivity contribution in [2.45, 2.75) is 26.8 Å². The quantitative estimate of drug-likeness (QED) is 0.633. The molecule has 0 aliphatic carbocycles. The predicted molar refractivity (Wildman–Crippen MR) is 93.1 cm³/mol. The first kappa shape index (κ1) is 19.8. The van der Waals surface area contributed by atoms with Gasteiger partial charge in [-0.05, 0) is 12.5 Å². The van der Waals surface area contributed by atoms with E-state index in [1.54, 1.807) is 19.1 Å². The molecule has 1 aliphatic rings. The molecule has 0 amide bonds. The summed E-state index contributed by atoms with van der Waals surface area (Å²) in [5.74, 6) is 0. The lowest BCUT2D eigenvalue weighted by molar-refractivity contribution is -0.385. The van der Waals surface area contributed by atoms with Crippen molar-refractivity contribution in [2.75, 3.05) is 32.8 Å². The van der Waals surface area contributed by atoms with E-state index in [2.05, 4.69) is 10.2 Å². The van der Waals surface area contributed by atoms with Crippen molar-refractivity contribution in [3.05, 3.63) is 39.4 Å². The van der Waals surface area contributed by atoms with Gasteiger partial charge in [0.25, 0.3) is 5.69 Å². The van der Waals surface area contributed by atoms with Crippen LogP contribution in [0.1, 0.15) is 31.0 Å². The predicted octanol–water partition coefficient (Wildman–Crippen LogP) is 2.29. The van der Waals surface area contributed by atoms with Crippen LogP contribution in [-0.4, -0.2) is 47.7 Å². The zero-order chi connectivity index (χ0) is 16.3. The van der Waals surface area contributed by atoms with Crippen LogP contribution in [-0.2, 0) is 0 Å². The molecule has 130 valence electrons. The third-order valence-corrected chi connectivity index (χ3v) is 4.41. The number of hydrogen-bond donors (Lipinski definition) is 2. The van der Waals surface area contributed by atoms with Gasteiger partial charge in [0.1, 0.15) is 0 Å². The van der Waals surface area contributed by atoms with E-state index in [4.69, 9.17) is 0 Å². The molecule has 6 nitrogen and oxygen atoms in total. The molecule has 1 heterocycles. The number of aliphatic hydroxyl groups excluding tert-OH is 1. The van der Waals surface area contributed by atoms with E-state index in [1.807, 2.05) is 19.9 Å². The second kappa shape index (κ2) is 8.06. The van der Waals surface area contributed by atoms with Crippen molar-refractivity contribution < 1.29 is 10.0 Å². The summed E-state index contributed by atoms with van der Waals surface area (Å²) in [5, 5.41) is 24.4. The van der Waals surface area contributed by atoms with Gasteiger partial charge in [-0.2, -0.15) is 0 Å². The molecule has 2 N–H and O–H groups in total. The molecular weight excluding hydrogens is 318 g/mol. The number of piperazine rings is 1. The molecule has 0 aromatic heterocycles. The van der Waals surface area contributed by atoms with Crippen LogP contribution in [0, 0.1) is 22.5 Å². The molecule has 0 unspecified atom stereocenters. The number of rotatable bonds is 5. The number of hydrogen-bond acceptors (Lipinski definition) is 5. The summed E-state index contributed by atoms with van der Waals surface area (Å²) in [6, 6.07) is 5.38. The summed E-state index contributed by atoms with van der Waals surface area (Å²) in [5.41, 5.74) is 1.33. The number of aryl methyl sites for hydroxylation is 1. The maximum Gasteiger partial charge on any atom is 0.272 e. The van der Waals surface area contributed by atoms with Crippen LogP contribution in [0.15, 0.2) is 18.2 Å². The Morgan fingerprint density at radius 3 is 2.52 bits per heavy atom. The zero-order valence-electron chi connectivity index (χ0n) is 13.9. The summed E-state index contributed by atoms with van der Waals surface area (Å²) in [4.78, 5) is 13.2. The Morgan fingerprint density at radius 2 is 2.00 bits per heavy atom. The number of halogens is 1. The lowest BCUT2D eigenvalue weighted by Gasteiger charge is -2.43. The van der Waals surface area contributed by atoms with Crippen LogP contribution in [0.2, 0.25) is 0 Å². The summed E-state index contributed by atoms with van der Waals surface area (Å²) in [6.07, 6.45) is 0. The second-order valence-electron chi connectivity index (χ2n) is 6.64. The van der Waals surface area contributed by atoms with Gasteiger partial charge in [0, 0.05) is 55.9 Å². The van der Waals surface area contributed by atoms with Crippen LogP contribution < -0.4 is 5.32 Å². The topological polar surface area (TPSA) is 78.6 Å². The van der Waals surface area contributed by atoms with Crippen LogP contribution in [0.25, 0.3) is 0 Å². The summed E-state index contributed by atoms with van der Waals surface area (Å²) in [6.45, 7) is 9.32. The lowest BCUT2D eigenvalue weighted by Crippen LogP contribution is -2.49. The molecule has 0 saturated carbocycles. The molecule has 1 aromatic carbocycles. The highest BCUT2D eigenvalue weighted by Crippen LogP contribution is 2.39. The third-order valence-electron chi connectivity index (χ3n) is 4.41. The first-order valence-corrected chi connectivity index (χ1v) is 7.67. The highest BCUT2D eigenvalue weighted by atomic mass is 35.5. The van der Waals surface area contributed by atoms with Crippen molar-refractivity contribution in [2.24, 2.45) is 5.41 Å². The molecule has 1 atom stereocenters. The van der Waals surface area contributed by atoms with Crippen molar-refractivity contribution in [3.63, 3.8) is 0 Å². The Balaban J connectivity index is 0.00000264. The van der Waals surface area contributed by atoms with Crippen molar-refractivity contribution >= 4 is 18.1 Å². The number of nitro benzene ring substituents is 1. The minimum absolute atomic E-state index is 0. The van der Waals surface area contributed by atoms with Gasteiger partial charge < -0.3 is 10.4 Å². The minimum atomic E-state index is -0.375. The van der Waals surface area contributed by atoms with E-state index in [0.717, 1.165) is 31.7 Å². The van der Waals surface area contributed by atoms with Crippen LogP contribution in [0.4, 0.5) is 5.69 Å². The minimum Gasteiger partial charge on any atom is -0.396 e. The second-order valence-corrected chi connectivity index (χ2v) is 6.64. The lowest BCUT2D eigenvalue weighted by atomic mass is 9.79. The smallest absolute Gasteiger partial charge is 0.272 e. The van der Waals surface area contributed by atoms with Gasteiger partial charge in [0.15, 0.2) is 0 Å². The number of nitrogens with zero attached hydrogens (tertiary/aromatic N) is 2. The fourth-order valence-electron chi connectivity index (χ4n) is 3.18. The Hall–Kier alpha value is -1.21. The molecule has 0 radical (unpaired) electrons. The fraction of sp³-hybridized carbons (Fsp3) is 0.625. The Morgan fingerprint density at radius 1 is 1.39 bits per heavy atom. The van der Waals surface area contributed by atoms with Gasteiger partial charge >= 0.3 is 0 Å². The maximum absolute atomic E-state index is 11.2. The molecule has 0 spiro atoms. The molecule has 2 rings (SSSR count). The van der Waals surface area contributed by atoms with Crippen LogP contribution in [0.3, 0.4) is 0 Å². The van der Waals surface area contributed by atoms with Gasteiger partial charge in [-0.15, -0.1) is 12.4 Å². The highest BCUT2D eigenvalue weighted by molar-refractivity contribution is 5.85. The number of benzene rings is 1. The molecule has 1 aliphatic heterocycles. The van der Waals surface area contributed by atoms with Gasteiger partial charge in [0.2, 0.25) is 0 Å². The Kier molecular flexibility index (Phi) is 6.95. The van der Waals surface area contributed by atoms with E-state index < -0.39 is 0 Å². The Bertz CT molecular complexity index is 545. The van der Waals surface area contributed by atoms with Gasteiger partial charge in [0.05, 0.1) is 4.92 Å². The summed E-state index contributed by atoms with van der Waals surface area (Å²) in [7, 11) is 0. The van der Waals surface area contributed by atoms with Crippen LogP contribution >= 0.6 is 12.4 Å². The zero-order valence-corrected chi connectivity index (χ0v) is 14.7. The van der Waals surface area contributed by atoms with E-state index in [1.165, 1.54) is 0 Å². The fourth-order valence-corrected chi connectivity index (χ4v) is 3.18. The van der Waals surface area contributed by atoms with Crippen molar-refractivity contribution in [3.8, 4) is 0 Å². The van der Waals surface area contributed by atoms with E-state index in [9.17, 15) is 15.2 Å². The van der Waals surface area contributed by atoms with Crippen LogP contribution in [0.5, 0.6) is 0 Å². The maximum atomic E-state index is 11.2. The molecule has 0 bridgehead atoms. The molecule has 1 aromatic rings. The molecule has 7 heteroatoms. The number of nitrogens with one attached hydrogen (secondary N) is 1. The molecule has 1 saturated heterocycles. The summed E-state index contributed by atoms with van der Waals surface area (Å²) < 4.78 is 0. The van der Waals surface area contributed by atoms with E-state index >= 15 is 0 Å². The average Bonchev–Trinajstić information content (AvgIpc) is 2.50. The van der Waals surface area contributed by atoms with Gasteiger partial charge in [-0.3, -0.25) is 15.0 Å². The van der Waals surface area contributed by atoms with Crippen molar-refractivity contribution in [1.82, 2.24) is 10.2 Å². The van der Waals surface area contributed by atoms with E-state index in [-0.39, 0.29) is 41.1 Å². The first-order chi connectivity index (χ1) is 10.4. The average molecular weight is 344 g/mol. The van der Waals surface area contributed by atoms with E-state index in [0.29, 0.717) is 5.56 Å². The van der Waals surface area contributed by atoms with Gasteiger partial charge in [-0.1, -0.05) is 26.0 Å². The normalized spacial score (nSPS) is 17.4. The molecule has 1 fully saturated rings. The molecule has 23 heavy (non-hydrogen) atoms. The van der Waals surface area contributed by atoms with Gasteiger partial charge in [-0.25, -0.2) is 0 Å². The summed E-state index contributed by atoms with van der Waals surface area (Å²) >= 11 is 0. The van der Waals surface area contributed by atoms with Crippen molar-refractivity contribution in [1.29, 1.82) is 0 Å². The Labute approximate surface area is 143 Å². The SMILES string of the molecule is Cc1ccc([C@@H](N2CCNCC2)C(C)(C)CO)cc1[N+](=O)[O-].Cl. The highest BCUT2D eigenvalue weighted by Gasteiger charge is 2.36. The number of aliphatic hydroxyl groups is 1.